The summed E-state index contributed by atoms with van der Waals surface area (Å²) in [5.74, 6) is 0.0439. The number of rotatable bonds is 6. The van der Waals surface area contributed by atoms with Gasteiger partial charge in [-0.15, -0.1) is 11.3 Å². The molecule has 0 fully saturated rings. The van der Waals surface area contributed by atoms with Gasteiger partial charge in [0.1, 0.15) is 0 Å². The number of fused-ring (bicyclic) bond motifs is 1. The highest BCUT2D eigenvalue weighted by molar-refractivity contribution is 7.18. The monoisotopic (exact) mass is 325 g/mol. The third kappa shape index (κ3) is 4.15. The van der Waals surface area contributed by atoms with Gasteiger partial charge in [0.15, 0.2) is 0 Å². The van der Waals surface area contributed by atoms with Crippen LogP contribution < -0.4 is 11.1 Å². The van der Waals surface area contributed by atoms with Crippen molar-refractivity contribution in [2.24, 2.45) is 5.73 Å². The standard InChI is InChI=1S/C18H19N3OS/c19-11-13-4-3-5-14(10-13)12-20-17(22)8-9-18-21-15-6-1-2-7-16(15)23-18/h1-7,10H,8-9,11-12,19H2,(H,20,22). The summed E-state index contributed by atoms with van der Waals surface area (Å²) in [4.78, 5) is 16.6. The molecule has 3 rings (SSSR count). The van der Waals surface area contributed by atoms with Crippen LogP contribution >= 0.6 is 11.3 Å². The molecule has 1 heterocycles. The lowest BCUT2D eigenvalue weighted by Crippen LogP contribution is -2.23. The summed E-state index contributed by atoms with van der Waals surface area (Å²) in [6.45, 7) is 1.05. The second-order valence-electron chi connectivity index (χ2n) is 5.38. The molecule has 0 unspecified atom stereocenters. The van der Waals surface area contributed by atoms with E-state index in [-0.39, 0.29) is 5.91 Å². The molecule has 118 valence electrons. The molecule has 0 aliphatic heterocycles. The van der Waals surface area contributed by atoms with E-state index in [0.717, 1.165) is 21.7 Å². The van der Waals surface area contributed by atoms with Crippen molar-refractivity contribution < 1.29 is 4.79 Å². The molecule has 0 aliphatic carbocycles. The zero-order valence-corrected chi connectivity index (χ0v) is 13.6. The van der Waals surface area contributed by atoms with Crippen molar-refractivity contribution in [2.45, 2.75) is 25.9 Å². The van der Waals surface area contributed by atoms with Gasteiger partial charge in [0, 0.05) is 25.9 Å². The molecule has 0 spiro atoms. The summed E-state index contributed by atoms with van der Waals surface area (Å²) >= 11 is 1.65. The zero-order chi connectivity index (χ0) is 16.1. The molecule has 23 heavy (non-hydrogen) atoms. The molecule has 3 N–H and O–H groups in total. The van der Waals surface area contributed by atoms with Crippen LogP contribution in [0.25, 0.3) is 10.2 Å². The van der Waals surface area contributed by atoms with Gasteiger partial charge in [0.2, 0.25) is 5.91 Å². The van der Waals surface area contributed by atoms with Gasteiger partial charge in [0.25, 0.3) is 0 Å². The number of nitrogens with one attached hydrogen (secondary N) is 1. The second-order valence-corrected chi connectivity index (χ2v) is 6.49. The molecule has 0 saturated heterocycles. The van der Waals surface area contributed by atoms with Gasteiger partial charge in [-0.1, -0.05) is 36.4 Å². The summed E-state index contributed by atoms with van der Waals surface area (Å²) in [7, 11) is 0. The second kappa shape index (κ2) is 7.35. The minimum absolute atomic E-state index is 0.0439. The third-order valence-electron chi connectivity index (χ3n) is 3.62. The zero-order valence-electron chi connectivity index (χ0n) is 12.8. The number of thiazole rings is 1. The molecule has 0 saturated carbocycles. The van der Waals surface area contributed by atoms with Crippen LogP contribution in [0, 0.1) is 0 Å². The Morgan fingerprint density at radius 3 is 2.78 bits per heavy atom. The van der Waals surface area contributed by atoms with E-state index < -0.39 is 0 Å². The number of carbonyl (C=O) groups is 1. The fraction of sp³-hybridized carbons (Fsp3) is 0.222. The van der Waals surface area contributed by atoms with Crippen LogP contribution in [0.15, 0.2) is 48.5 Å². The minimum Gasteiger partial charge on any atom is -0.352 e. The first kappa shape index (κ1) is 15.6. The van der Waals surface area contributed by atoms with Crippen molar-refractivity contribution in [3.8, 4) is 0 Å². The van der Waals surface area contributed by atoms with Crippen molar-refractivity contribution >= 4 is 27.5 Å². The summed E-state index contributed by atoms with van der Waals surface area (Å²) in [6, 6.07) is 16.0. The fourth-order valence-corrected chi connectivity index (χ4v) is 3.37. The lowest BCUT2D eigenvalue weighted by atomic mass is 10.1. The Hall–Kier alpha value is -2.24. The van der Waals surface area contributed by atoms with Crippen LogP contribution in [0.4, 0.5) is 0 Å². The summed E-state index contributed by atoms with van der Waals surface area (Å²) in [6.07, 6.45) is 1.13. The predicted molar refractivity (Wildman–Crippen MR) is 94.1 cm³/mol. The molecule has 1 aromatic heterocycles. The van der Waals surface area contributed by atoms with Crippen molar-refractivity contribution in [2.75, 3.05) is 0 Å². The predicted octanol–water partition coefficient (Wildman–Crippen LogP) is 3.00. The van der Waals surface area contributed by atoms with Crippen LogP contribution in [0.2, 0.25) is 0 Å². The number of carbonyl (C=O) groups excluding carboxylic acids is 1. The van der Waals surface area contributed by atoms with Gasteiger partial charge in [-0.3, -0.25) is 4.79 Å². The quantitative estimate of drug-likeness (QED) is 0.732. The third-order valence-corrected chi connectivity index (χ3v) is 4.72. The van der Waals surface area contributed by atoms with Gasteiger partial charge < -0.3 is 11.1 Å². The first-order chi connectivity index (χ1) is 11.2. The molecule has 0 bridgehead atoms. The smallest absolute Gasteiger partial charge is 0.220 e. The van der Waals surface area contributed by atoms with E-state index in [1.54, 1.807) is 11.3 Å². The van der Waals surface area contributed by atoms with E-state index in [9.17, 15) is 4.79 Å². The maximum Gasteiger partial charge on any atom is 0.220 e. The van der Waals surface area contributed by atoms with E-state index in [0.29, 0.717) is 25.9 Å². The van der Waals surface area contributed by atoms with Crippen molar-refractivity contribution in [3.05, 3.63) is 64.7 Å². The number of nitrogens with zero attached hydrogens (tertiary/aromatic N) is 1. The Balaban J connectivity index is 1.51. The molecule has 1 amide bonds. The number of hydrogen-bond acceptors (Lipinski definition) is 4. The van der Waals surface area contributed by atoms with Crippen molar-refractivity contribution in [3.63, 3.8) is 0 Å². The molecule has 4 nitrogen and oxygen atoms in total. The highest BCUT2D eigenvalue weighted by atomic mass is 32.1. The van der Waals surface area contributed by atoms with Gasteiger partial charge in [-0.25, -0.2) is 4.98 Å². The number of benzene rings is 2. The van der Waals surface area contributed by atoms with Gasteiger partial charge >= 0.3 is 0 Å². The van der Waals surface area contributed by atoms with Crippen molar-refractivity contribution in [1.82, 2.24) is 10.3 Å². The largest absolute Gasteiger partial charge is 0.352 e. The SMILES string of the molecule is NCc1cccc(CNC(=O)CCc2nc3ccccc3s2)c1. The number of nitrogens with two attached hydrogens (primary N) is 1. The average molecular weight is 325 g/mol. The maximum absolute atomic E-state index is 12.0. The molecule has 2 aromatic carbocycles. The Bertz CT molecular complexity index is 780. The Morgan fingerprint density at radius 1 is 1.13 bits per heavy atom. The van der Waals surface area contributed by atoms with Gasteiger partial charge in [-0.2, -0.15) is 0 Å². The highest BCUT2D eigenvalue weighted by Gasteiger charge is 2.07. The number of para-hydroxylation sites is 1. The van der Waals surface area contributed by atoms with Crippen molar-refractivity contribution in [1.29, 1.82) is 0 Å². The van der Waals surface area contributed by atoms with Crippen LogP contribution in [-0.4, -0.2) is 10.9 Å². The fourth-order valence-electron chi connectivity index (χ4n) is 2.40. The van der Waals surface area contributed by atoms with Crippen LogP contribution in [0.5, 0.6) is 0 Å². The Labute approximate surface area is 139 Å². The molecule has 0 aliphatic rings. The van der Waals surface area contributed by atoms with E-state index in [1.165, 1.54) is 4.70 Å². The number of amides is 1. The normalized spacial score (nSPS) is 10.8. The van der Waals surface area contributed by atoms with E-state index in [2.05, 4.69) is 16.4 Å². The molecular formula is C18H19N3OS. The number of hydrogen-bond donors (Lipinski definition) is 2. The van der Waals surface area contributed by atoms with Gasteiger partial charge in [-0.05, 0) is 23.3 Å². The van der Waals surface area contributed by atoms with E-state index >= 15 is 0 Å². The first-order valence-electron chi connectivity index (χ1n) is 7.63. The lowest BCUT2D eigenvalue weighted by molar-refractivity contribution is -0.121. The summed E-state index contributed by atoms with van der Waals surface area (Å²) in [5.41, 5.74) is 8.78. The Morgan fingerprint density at radius 2 is 1.96 bits per heavy atom. The van der Waals surface area contributed by atoms with Crippen LogP contribution in [0.1, 0.15) is 22.6 Å². The molecule has 5 heteroatoms. The summed E-state index contributed by atoms with van der Waals surface area (Å²) < 4.78 is 1.17. The highest BCUT2D eigenvalue weighted by Crippen LogP contribution is 2.22. The molecule has 3 aromatic rings. The average Bonchev–Trinajstić information content (AvgIpc) is 3.01. The molecule has 0 atom stereocenters. The first-order valence-corrected chi connectivity index (χ1v) is 8.45. The van der Waals surface area contributed by atoms with Crippen LogP contribution in [0.3, 0.4) is 0 Å². The number of aryl methyl sites for hydroxylation is 1. The maximum atomic E-state index is 12.0. The Kier molecular flexibility index (Phi) is 5.00. The summed E-state index contributed by atoms with van der Waals surface area (Å²) in [5, 5.41) is 3.96. The van der Waals surface area contributed by atoms with Crippen LogP contribution in [-0.2, 0) is 24.3 Å². The molecule has 0 radical (unpaired) electrons. The lowest BCUT2D eigenvalue weighted by Gasteiger charge is -2.06. The minimum atomic E-state index is 0.0439. The van der Waals surface area contributed by atoms with E-state index in [4.69, 9.17) is 5.73 Å². The topological polar surface area (TPSA) is 68.0 Å². The number of aromatic nitrogens is 1. The van der Waals surface area contributed by atoms with Gasteiger partial charge in [0.05, 0.1) is 15.2 Å². The molecular weight excluding hydrogens is 306 g/mol. The van der Waals surface area contributed by atoms with E-state index in [1.807, 2.05) is 42.5 Å².